The van der Waals surface area contributed by atoms with Gasteiger partial charge < -0.3 is 15.5 Å². The molecular formula is C13H25N3O2. The maximum atomic E-state index is 12.0. The lowest BCUT2D eigenvalue weighted by atomic mass is 9.84. The number of carbonyl (C=O) groups is 2. The van der Waals surface area contributed by atoms with E-state index in [-0.39, 0.29) is 24.4 Å². The highest BCUT2D eigenvalue weighted by Gasteiger charge is 2.23. The number of hydrogen-bond donors (Lipinski definition) is 1. The van der Waals surface area contributed by atoms with Crippen LogP contribution in [0, 0.1) is 5.92 Å². The van der Waals surface area contributed by atoms with Crippen LogP contribution in [0.5, 0.6) is 0 Å². The summed E-state index contributed by atoms with van der Waals surface area (Å²) >= 11 is 0. The number of likely N-dealkylation sites (N-methyl/N-ethyl adjacent to an activating group) is 2. The number of hydrogen-bond acceptors (Lipinski definition) is 3. The number of rotatable bonds is 4. The van der Waals surface area contributed by atoms with Gasteiger partial charge in [0.25, 0.3) is 0 Å². The number of nitrogens with two attached hydrogens (primary N) is 1. The second-order valence-corrected chi connectivity index (χ2v) is 5.53. The molecule has 5 heteroatoms. The van der Waals surface area contributed by atoms with Crippen LogP contribution in [0.4, 0.5) is 0 Å². The minimum atomic E-state index is -0.0498. The summed E-state index contributed by atoms with van der Waals surface area (Å²) in [5.74, 6) is 0.383. The van der Waals surface area contributed by atoms with E-state index in [0.29, 0.717) is 12.3 Å². The van der Waals surface area contributed by atoms with Gasteiger partial charge in [-0.05, 0) is 25.2 Å². The minimum absolute atomic E-state index is 0.0456. The van der Waals surface area contributed by atoms with Crippen molar-refractivity contribution in [3.63, 3.8) is 0 Å². The number of carbonyl (C=O) groups excluding carboxylic acids is 2. The van der Waals surface area contributed by atoms with Crippen LogP contribution in [0.2, 0.25) is 0 Å². The van der Waals surface area contributed by atoms with Crippen LogP contribution in [0.1, 0.15) is 32.1 Å². The molecule has 2 N–H and O–H groups in total. The summed E-state index contributed by atoms with van der Waals surface area (Å²) in [6.45, 7) is 0.157. The Morgan fingerprint density at radius 2 is 1.83 bits per heavy atom. The van der Waals surface area contributed by atoms with Crippen LogP contribution >= 0.6 is 0 Å². The maximum Gasteiger partial charge on any atom is 0.241 e. The molecule has 2 amide bonds. The fraction of sp³-hybridized carbons (Fsp3) is 0.846. The third-order valence-electron chi connectivity index (χ3n) is 3.58. The second kappa shape index (κ2) is 6.73. The molecule has 1 fully saturated rings. The lowest BCUT2D eigenvalue weighted by Gasteiger charge is -2.28. The molecule has 0 bridgehead atoms. The summed E-state index contributed by atoms with van der Waals surface area (Å²) in [7, 11) is 5.08. The van der Waals surface area contributed by atoms with Gasteiger partial charge in [0, 0.05) is 33.6 Å². The maximum absolute atomic E-state index is 12.0. The molecule has 1 aliphatic rings. The van der Waals surface area contributed by atoms with Crippen molar-refractivity contribution in [3.05, 3.63) is 0 Å². The summed E-state index contributed by atoms with van der Waals surface area (Å²) in [5.41, 5.74) is 5.91. The molecule has 1 aliphatic carbocycles. The predicted molar refractivity (Wildman–Crippen MR) is 70.9 cm³/mol. The van der Waals surface area contributed by atoms with Crippen molar-refractivity contribution in [3.8, 4) is 0 Å². The first-order chi connectivity index (χ1) is 8.40. The van der Waals surface area contributed by atoms with Gasteiger partial charge in [-0.3, -0.25) is 9.59 Å². The van der Waals surface area contributed by atoms with E-state index in [1.807, 2.05) is 0 Å². The molecule has 0 heterocycles. The van der Waals surface area contributed by atoms with Crippen LogP contribution in [-0.4, -0.2) is 55.3 Å². The van der Waals surface area contributed by atoms with E-state index in [2.05, 4.69) is 0 Å². The van der Waals surface area contributed by atoms with Gasteiger partial charge in [0.2, 0.25) is 11.8 Å². The fourth-order valence-corrected chi connectivity index (χ4v) is 2.35. The van der Waals surface area contributed by atoms with Crippen molar-refractivity contribution in [1.29, 1.82) is 0 Å². The SMILES string of the molecule is CN(C)C(=O)CN(C)C(=O)CC1CCCC(N)C1. The van der Waals surface area contributed by atoms with Crippen molar-refractivity contribution in [2.24, 2.45) is 11.7 Å². The van der Waals surface area contributed by atoms with E-state index >= 15 is 0 Å². The molecule has 2 atom stereocenters. The van der Waals surface area contributed by atoms with E-state index in [1.54, 1.807) is 21.1 Å². The van der Waals surface area contributed by atoms with Crippen molar-refractivity contribution >= 4 is 11.8 Å². The first kappa shape index (κ1) is 15.0. The highest BCUT2D eigenvalue weighted by molar-refractivity contribution is 5.84. The topological polar surface area (TPSA) is 66.6 Å². The zero-order valence-corrected chi connectivity index (χ0v) is 11.7. The molecule has 18 heavy (non-hydrogen) atoms. The van der Waals surface area contributed by atoms with Crippen LogP contribution in [0.15, 0.2) is 0 Å². The van der Waals surface area contributed by atoms with Crippen molar-refractivity contribution in [1.82, 2.24) is 9.80 Å². The Morgan fingerprint density at radius 1 is 1.17 bits per heavy atom. The highest BCUT2D eigenvalue weighted by Crippen LogP contribution is 2.26. The normalized spacial score (nSPS) is 23.6. The Balaban J connectivity index is 2.37. The average molecular weight is 255 g/mol. The Hall–Kier alpha value is -1.10. The van der Waals surface area contributed by atoms with Crippen LogP contribution in [0.3, 0.4) is 0 Å². The molecule has 2 unspecified atom stereocenters. The molecule has 5 nitrogen and oxygen atoms in total. The molecule has 1 saturated carbocycles. The zero-order valence-electron chi connectivity index (χ0n) is 11.7. The van der Waals surface area contributed by atoms with Gasteiger partial charge in [-0.1, -0.05) is 6.42 Å². The Morgan fingerprint density at radius 3 is 2.39 bits per heavy atom. The molecule has 0 aromatic carbocycles. The van der Waals surface area contributed by atoms with E-state index < -0.39 is 0 Å². The lowest BCUT2D eigenvalue weighted by Crippen LogP contribution is -2.39. The molecule has 0 aromatic heterocycles. The first-order valence-electron chi connectivity index (χ1n) is 6.60. The average Bonchev–Trinajstić information content (AvgIpc) is 2.28. The third kappa shape index (κ3) is 4.64. The van der Waals surface area contributed by atoms with Gasteiger partial charge in [-0.2, -0.15) is 0 Å². The molecule has 0 aliphatic heterocycles. The van der Waals surface area contributed by atoms with Gasteiger partial charge in [-0.15, -0.1) is 0 Å². The van der Waals surface area contributed by atoms with Crippen LogP contribution in [-0.2, 0) is 9.59 Å². The Kier molecular flexibility index (Phi) is 5.59. The monoisotopic (exact) mass is 255 g/mol. The second-order valence-electron chi connectivity index (χ2n) is 5.53. The van der Waals surface area contributed by atoms with Crippen molar-refractivity contribution in [2.45, 2.75) is 38.1 Å². The zero-order chi connectivity index (χ0) is 13.7. The van der Waals surface area contributed by atoms with Crippen molar-refractivity contribution in [2.75, 3.05) is 27.7 Å². The summed E-state index contributed by atoms with van der Waals surface area (Å²) in [5, 5.41) is 0. The highest BCUT2D eigenvalue weighted by atomic mass is 16.2. The summed E-state index contributed by atoms with van der Waals surface area (Å²) in [6.07, 6.45) is 4.71. The molecule has 0 aromatic rings. The molecule has 0 radical (unpaired) electrons. The van der Waals surface area contributed by atoms with Gasteiger partial charge in [-0.25, -0.2) is 0 Å². The van der Waals surface area contributed by atoms with Gasteiger partial charge in [0.15, 0.2) is 0 Å². The summed E-state index contributed by atoms with van der Waals surface area (Å²) in [6, 6.07) is 0.241. The number of nitrogens with zero attached hydrogens (tertiary/aromatic N) is 2. The van der Waals surface area contributed by atoms with Gasteiger partial charge >= 0.3 is 0 Å². The fourth-order valence-electron chi connectivity index (χ4n) is 2.35. The van der Waals surface area contributed by atoms with E-state index in [1.165, 1.54) is 9.80 Å². The van der Waals surface area contributed by atoms with E-state index in [0.717, 1.165) is 25.7 Å². The van der Waals surface area contributed by atoms with Gasteiger partial charge in [0.1, 0.15) is 0 Å². The molecule has 0 saturated heterocycles. The lowest BCUT2D eigenvalue weighted by molar-refractivity contribution is -0.138. The van der Waals surface area contributed by atoms with E-state index in [4.69, 9.17) is 5.73 Å². The Bertz CT molecular complexity index is 305. The minimum Gasteiger partial charge on any atom is -0.347 e. The van der Waals surface area contributed by atoms with Gasteiger partial charge in [0.05, 0.1) is 6.54 Å². The summed E-state index contributed by atoms with van der Waals surface area (Å²) < 4.78 is 0. The third-order valence-corrected chi connectivity index (χ3v) is 3.58. The molecule has 104 valence electrons. The largest absolute Gasteiger partial charge is 0.347 e. The number of amides is 2. The molecule has 0 spiro atoms. The summed E-state index contributed by atoms with van der Waals surface area (Å²) in [4.78, 5) is 26.5. The molecule has 1 rings (SSSR count). The smallest absolute Gasteiger partial charge is 0.241 e. The first-order valence-corrected chi connectivity index (χ1v) is 6.60. The van der Waals surface area contributed by atoms with Crippen LogP contribution in [0.25, 0.3) is 0 Å². The van der Waals surface area contributed by atoms with Crippen molar-refractivity contribution < 1.29 is 9.59 Å². The quantitative estimate of drug-likeness (QED) is 0.792. The Labute approximate surface area is 109 Å². The molecular weight excluding hydrogens is 230 g/mol. The standard InChI is InChI=1S/C13H25N3O2/c1-15(2)13(18)9-16(3)12(17)8-10-5-4-6-11(14)7-10/h10-11H,4-9,14H2,1-3H3. The predicted octanol–water partition coefficient (Wildman–Crippen LogP) is 0.441. The van der Waals surface area contributed by atoms with Crippen LogP contribution < -0.4 is 5.73 Å². The van der Waals surface area contributed by atoms with E-state index in [9.17, 15) is 9.59 Å².